The molecule has 0 saturated carbocycles. The second-order valence-corrected chi connectivity index (χ2v) is 9.46. The number of nitrogens with one attached hydrogen (secondary N) is 1. The van der Waals surface area contributed by atoms with Gasteiger partial charge in [0.2, 0.25) is 0 Å². The molecular formula is C24H37N5O2. The lowest BCUT2D eigenvalue weighted by Gasteiger charge is -2.32. The third-order valence-electron chi connectivity index (χ3n) is 5.54. The number of urea groups is 1. The molecule has 2 aromatic rings. The largest absolute Gasteiger partial charge is 0.379 e. The Morgan fingerprint density at radius 3 is 2.68 bits per heavy atom. The predicted octanol–water partition coefficient (Wildman–Crippen LogP) is 3.19. The standard InChI is InChI=1S/C24H37N5O2/c1-19-6-7-20(2)21(16-19)17-28-9-8-25-22(28)18-29(23(30)26-24(3,4)5)11-10-27-12-14-31-15-13-27/h6-9,16H,10-15,17-18H2,1-5H3,(H,26,30). The average molecular weight is 428 g/mol. The number of aryl methyl sites for hydroxylation is 2. The van der Waals surface area contributed by atoms with Gasteiger partial charge in [-0.15, -0.1) is 0 Å². The highest BCUT2D eigenvalue weighted by Gasteiger charge is 2.22. The Kier molecular flexibility index (Phi) is 7.73. The molecule has 0 aliphatic carbocycles. The van der Waals surface area contributed by atoms with Crippen LogP contribution in [0.2, 0.25) is 0 Å². The molecule has 1 N–H and O–H groups in total. The van der Waals surface area contributed by atoms with Crippen molar-refractivity contribution in [2.75, 3.05) is 39.4 Å². The number of benzene rings is 1. The van der Waals surface area contributed by atoms with Crippen LogP contribution in [0.25, 0.3) is 0 Å². The minimum absolute atomic E-state index is 0.0537. The maximum Gasteiger partial charge on any atom is 0.318 e. The summed E-state index contributed by atoms with van der Waals surface area (Å²) in [4.78, 5) is 21.9. The predicted molar refractivity (Wildman–Crippen MR) is 123 cm³/mol. The fourth-order valence-electron chi connectivity index (χ4n) is 3.70. The third kappa shape index (κ3) is 7.08. The van der Waals surface area contributed by atoms with Gasteiger partial charge in [-0.25, -0.2) is 9.78 Å². The van der Waals surface area contributed by atoms with Crippen LogP contribution in [0.4, 0.5) is 4.79 Å². The van der Waals surface area contributed by atoms with Gasteiger partial charge in [-0.1, -0.05) is 23.8 Å². The number of hydrogen-bond acceptors (Lipinski definition) is 4. The highest BCUT2D eigenvalue weighted by molar-refractivity contribution is 5.74. The van der Waals surface area contributed by atoms with Gasteiger partial charge in [-0.05, 0) is 45.7 Å². The zero-order valence-corrected chi connectivity index (χ0v) is 19.6. The monoisotopic (exact) mass is 427 g/mol. The quantitative estimate of drug-likeness (QED) is 0.737. The van der Waals surface area contributed by atoms with E-state index in [0.717, 1.165) is 45.2 Å². The van der Waals surface area contributed by atoms with E-state index in [1.54, 1.807) is 0 Å². The Morgan fingerprint density at radius 1 is 1.23 bits per heavy atom. The maximum atomic E-state index is 13.1. The van der Waals surface area contributed by atoms with E-state index >= 15 is 0 Å². The molecule has 2 amide bonds. The molecule has 1 aromatic heterocycles. The lowest BCUT2D eigenvalue weighted by Crippen LogP contribution is -2.50. The van der Waals surface area contributed by atoms with Gasteiger partial charge < -0.3 is 19.5 Å². The van der Waals surface area contributed by atoms with E-state index in [2.05, 4.69) is 51.8 Å². The number of aromatic nitrogens is 2. The van der Waals surface area contributed by atoms with Gasteiger partial charge in [0.05, 0.1) is 19.8 Å². The van der Waals surface area contributed by atoms with Crippen molar-refractivity contribution in [3.05, 3.63) is 53.1 Å². The smallest absolute Gasteiger partial charge is 0.318 e. The van der Waals surface area contributed by atoms with Gasteiger partial charge in [0.1, 0.15) is 5.82 Å². The van der Waals surface area contributed by atoms with Crippen LogP contribution in [0.15, 0.2) is 30.6 Å². The normalized spacial score (nSPS) is 15.1. The van der Waals surface area contributed by atoms with Crippen LogP contribution < -0.4 is 5.32 Å². The highest BCUT2D eigenvalue weighted by atomic mass is 16.5. The molecule has 7 nitrogen and oxygen atoms in total. The molecule has 31 heavy (non-hydrogen) atoms. The number of morpholine rings is 1. The topological polar surface area (TPSA) is 62.6 Å². The van der Waals surface area contributed by atoms with Crippen molar-refractivity contribution >= 4 is 6.03 Å². The number of carbonyl (C=O) groups is 1. The van der Waals surface area contributed by atoms with Gasteiger partial charge in [0.15, 0.2) is 0 Å². The van der Waals surface area contributed by atoms with E-state index in [9.17, 15) is 4.79 Å². The van der Waals surface area contributed by atoms with Crippen LogP contribution >= 0.6 is 0 Å². The Balaban J connectivity index is 1.73. The summed E-state index contributed by atoms with van der Waals surface area (Å²) in [6.45, 7) is 16.3. The van der Waals surface area contributed by atoms with Crippen LogP contribution in [0, 0.1) is 13.8 Å². The van der Waals surface area contributed by atoms with Crippen molar-refractivity contribution in [1.82, 2.24) is 24.7 Å². The van der Waals surface area contributed by atoms with Gasteiger partial charge in [0, 0.05) is 50.7 Å². The second-order valence-electron chi connectivity index (χ2n) is 9.46. The molecule has 0 atom stereocenters. The molecule has 0 unspecified atom stereocenters. The van der Waals surface area contributed by atoms with Crippen molar-refractivity contribution in [2.45, 2.75) is 53.2 Å². The lowest BCUT2D eigenvalue weighted by molar-refractivity contribution is 0.0344. The molecule has 2 heterocycles. The molecule has 1 saturated heterocycles. The molecule has 1 aliphatic heterocycles. The molecule has 170 valence electrons. The summed E-state index contributed by atoms with van der Waals surface area (Å²) in [5.41, 5.74) is 3.50. The summed E-state index contributed by atoms with van der Waals surface area (Å²) >= 11 is 0. The van der Waals surface area contributed by atoms with Crippen molar-refractivity contribution in [3.8, 4) is 0 Å². The van der Waals surface area contributed by atoms with E-state index in [1.165, 1.54) is 16.7 Å². The maximum absolute atomic E-state index is 13.1. The zero-order chi connectivity index (χ0) is 22.4. The molecule has 1 fully saturated rings. The number of carbonyl (C=O) groups excluding carboxylic acids is 1. The van der Waals surface area contributed by atoms with E-state index in [-0.39, 0.29) is 11.6 Å². The third-order valence-corrected chi connectivity index (χ3v) is 5.54. The Labute approximate surface area is 186 Å². The highest BCUT2D eigenvalue weighted by Crippen LogP contribution is 2.15. The summed E-state index contributed by atoms with van der Waals surface area (Å²) in [5.74, 6) is 0.895. The van der Waals surface area contributed by atoms with Crippen molar-refractivity contribution in [2.24, 2.45) is 0 Å². The Bertz CT molecular complexity index is 865. The van der Waals surface area contributed by atoms with E-state index in [4.69, 9.17) is 4.74 Å². The molecule has 0 radical (unpaired) electrons. The Hall–Kier alpha value is -2.38. The summed E-state index contributed by atoms with van der Waals surface area (Å²) < 4.78 is 7.59. The summed E-state index contributed by atoms with van der Waals surface area (Å²) in [6, 6.07) is 6.47. The minimum atomic E-state index is -0.289. The number of nitrogens with zero attached hydrogens (tertiary/aromatic N) is 4. The number of rotatable bonds is 7. The van der Waals surface area contributed by atoms with Crippen LogP contribution in [-0.4, -0.2) is 70.3 Å². The van der Waals surface area contributed by atoms with Crippen LogP contribution in [0.1, 0.15) is 43.3 Å². The fourth-order valence-corrected chi connectivity index (χ4v) is 3.70. The number of amides is 2. The lowest BCUT2D eigenvalue weighted by atomic mass is 10.1. The molecule has 0 spiro atoms. The van der Waals surface area contributed by atoms with Gasteiger partial charge >= 0.3 is 6.03 Å². The van der Waals surface area contributed by atoms with Crippen LogP contribution in [0.3, 0.4) is 0 Å². The van der Waals surface area contributed by atoms with Crippen molar-refractivity contribution in [1.29, 1.82) is 0 Å². The molecule has 1 aromatic carbocycles. The van der Waals surface area contributed by atoms with E-state index in [1.807, 2.05) is 38.1 Å². The fraction of sp³-hybridized carbons (Fsp3) is 0.583. The summed E-state index contributed by atoms with van der Waals surface area (Å²) in [5, 5.41) is 3.11. The Morgan fingerprint density at radius 2 is 1.97 bits per heavy atom. The molecule has 0 bridgehead atoms. The van der Waals surface area contributed by atoms with Gasteiger partial charge in [-0.2, -0.15) is 0 Å². The summed E-state index contributed by atoms with van der Waals surface area (Å²) in [6.07, 6.45) is 3.82. The first-order valence-electron chi connectivity index (χ1n) is 11.1. The van der Waals surface area contributed by atoms with E-state index < -0.39 is 0 Å². The molecule has 3 rings (SSSR count). The zero-order valence-electron chi connectivity index (χ0n) is 19.6. The average Bonchev–Trinajstić information content (AvgIpc) is 3.14. The molecule has 1 aliphatic rings. The minimum Gasteiger partial charge on any atom is -0.379 e. The SMILES string of the molecule is Cc1ccc(C)c(Cn2ccnc2CN(CCN2CCOCC2)C(=O)NC(C)(C)C)c1. The summed E-state index contributed by atoms with van der Waals surface area (Å²) in [7, 11) is 0. The number of ether oxygens (including phenoxy) is 1. The second kappa shape index (κ2) is 10.3. The van der Waals surface area contributed by atoms with Gasteiger partial charge in [0.25, 0.3) is 0 Å². The first-order valence-corrected chi connectivity index (χ1v) is 11.1. The molecule has 7 heteroatoms. The van der Waals surface area contributed by atoms with Crippen molar-refractivity contribution in [3.63, 3.8) is 0 Å². The van der Waals surface area contributed by atoms with Crippen LogP contribution in [0.5, 0.6) is 0 Å². The number of imidazole rings is 1. The van der Waals surface area contributed by atoms with Gasteiger partial charge in [-0.3, -0.25) is 4.90 Å². The number of hydrogen-bond donors (Lipinski definition) is 1. The first kappa shape index (κ1) is 23.3. The van der Waals surface area contributed by atoms with E-state index in [0.29, 0.717) is 13.1 Å². The molecular weight excluding hydrogens is 390 g/mol. The first-order chi connectivity index (χ1) is 14.7. The van der Waals surface area contributed by atoms with Crippen molar-refractivity contribution < 1.29 is 9.53 Å². The van der Waals surface area contributed by atoms with Crippen LogP contribution in [-0.2, 0) is 17.8 Å².